The normalized spacial score (nSPS) is 12.6. The van der Waals surface area contributed by atoms with Crippen LogP contribution in [-0.2, 0) is 6.54 Å². The first kappa shape index (κ1) is 21.8. The first-order valence-electron chi connectivity index (χ1n) is 7.87. The second-order valence-corrected chi connectivity index (χ2v) is 6.34. The van der Waals surface area contributed by atoms with Gasteiger partial charge in [-0.15, -0.1) is 24.0 Å². The third-order valence-corrected chi connectivity index (χ3v) is 4.11. The van der Waals surface area contributed by atoms with Crippen molar-refractivity contribution in [2.75, 3.05) is 34.7 Å². The lowest BCUT2D eigenvalue weighted by Gasteiger charge is -2.27. The second kappa shape index (κ2) is 10.7. The van der Waals surface area contributed by atoms with E-state index in [0.717, 1.165) is 23.3 Å². The van der Waals surface area contributed by atoms with Gasteiger partial charge >= 0.3 is 0 Å². The van der Waals surface area contributed by atoms with Crippen LogP contribution in [0.1, 0.15) is 17.4 Å². The van der Waals surface area contributed by atoms with Gasteiger partial charge in [0.2, 0.25) is 0 Å². The van der Waals surface area contributed by atoms with Crippen LogP contribution in [0.3, 0.4) is 0 Å². The third kappa shape index (κ3) is 6.52. The fourth-order valence-electron chi connectivity index (χ4n) is 2.53. The Morgan fingerprint density at radius 2 is 1.88 bits per heavy atom. The minimum atomic E-state index is 0. The molecular formula is C18H26ClIN4O. The van der Waals surface area contributed by atoms with E-state index in [0.29, 0.717) is 6.54 Å². The predicted molar refractivity (Wildman–Crippen MR) is 115 cm³/mol. The standard InChI is InChI=1S/C18H25ClN4O.HI/c1-20-18(23(4)13-14-7-9-15(19)10-8-14)21-12-16(22(2)3)17-6-5-11-24-17;/h5-11,16H,12-13H2,1-4H3,(H,20,21);1H. The van der Waals surface area contributed by atoms with Gasteiger partial charge in [0, 0.05) is 32.2 Å². The van der Waals surface area contributed by atoms with Gasteiger partial charge in [0.25, 0.3) is 0 Å². The minimum Gasteiger partial charge on any atom is -0.468 e. The molecule has 0 aliphatic heterocycles. The smallest absolute Gasteiger partial charge is 0.193 e. The lowest BCUT2D eigenvalue weighted by atomic mass is 10.2. The van der Waals surface area contributed by atoms with Gasteiger partial charge in [-0.1, -0.05) is 23.7 Å². The summed E-state index contributed by atoms with van der Waals surface area (Å²) in [7, 11) is 7.88. The van der Waals surface area contributed by atoms with Gasteiger partial charge in [-0.2, -0.15) is 0 Å². The molecule has 25 heavy (non-hydrogen) atoms. The summed E-state index contributed by atoms with van der Waals surface area (Å²) in [5.41, 5.74) is 1.18. The highest BCUT2D eigenvalue weighted by molar-refractivity contribution is 14.0. The Hall–Kier alpha value is -1.25. The number of nitrogens with zero attached hydrogens (tertiary/aromatic N) is 3. The van der Waals surface area contributed by atoms with E-state index in [2.05, 4.69) is 20.1 Å². The monoisotopic (exact) mass is 476 g/mol. The molecule has 0 aliphatic carbocycles. The maximum Gasteiger partial charge on any atom is 0.193 e. The zero-order chi connectivity index (χ0) is 17.5. The van der Waals surface area contributed by atoms with E-state index in [1.807, 2.05) is 57.5 Å². The molecule has 0 fully saturated rings. The molecule has 1 N–H and O–H groups in total. The van der Waals surface area contributed by atoms with Crippen LogP contribution < -0.4 is 5.32 Å². The molecule has 0 radical (unpaired) electrons. The SMILES string of the molecule is CN=C(NCC(c1ccco1)N(C)C)N(C)Cc1ccc(Cl)cc1.I. The van der Waals surface area contributed by atoms with E-state index in [4.69, 9.17) is 16.0 Å². The van der Waals surface area contributed by atoms with Crippen LogP contribution in [0.5, 0.6) is 0 Å². The van der Waals surface area contributed by atoms with Crippen LogP contribution in [0.25, 0.3) is 0 Å². The number of furan rings is 1. The van der Waals surface area contributed by atoms with E-state index in [9.17, 15) is 0 Å². The Morgan fingerprint density at radius 1 is 1.20 bits per heavy atom. The Labute approximate surface area is 172 Å². The molecule has 1 unspecified atom stereocenters. The van der Waals surface area contributed by atoms with Crippen molar-refractivity contribution in [2.24, 2.45) is 4.99 Å². The van der Waals surface area contributed by atoms with Crippen molar-refractivity contribution in [3.05, 3.63) is 59.0 Å². The highest BCUT2D eigenvalue weighted by Crippen LogP contribution is 2.17. The summed E-state index contributed by atoms with van der Waals surface area (Å²) in [6.45, 7) is 1.46. The van der Waals surface area contributed by atoms with Gasteiger partial charge in [-0.25, -0.2) is 0 Å². The molecule has 5 nitrogen and oxygen atoms in total. The quantitative estimate of drug-likeness (QED) is 0.391. The molecule has 1 aromatic heterocycles. The average Bonchev–Trinajstić information content (AvgIpc) is 3.07. The predicted octanol–water partition coefficient (Wildman–Crippen LogP) is 3.86. The van der Waals surface area contributed by atoms with Gasteiger partial charge in [-0.05, 0) is 43.9 Å². The first-order valence-corrected chi connectivity index (χ1v) is 8.25. The van der Waals surface area contributed by atoms with Crippen molar-refractivity contribution < 1.29 is 4.42 Å². The van der Waals surface area contributed by atoms with Gasteiger partial charge < -0.3 is 14.6 Å². The zero-order valence-corrected chi connectivity index (χ0v) is 18.2. The summed E-state index contributed by atoms with van der Waals surface area (Å²) < 4.78 is 5.54. The Balaban J connectivity index is 0.00000312. The van der Waals surface area contributed by atoms with Crippen LogP contribution in [0.2, 0.25) is 5.02 Å². The van der Waals surface area contributed by atoms with Crippen LogP contribution >= 0.6 is 35.6 Å². The minimum absolute atomic E-state index is 0. The van der Waals surface area contributed by atoms with Gasteiger partial charge in [0.15, 0.2) is 5.96 Å². The fourth-order valence-corrected chi connectivity index (χ4v) is 2.66. The van der Waals surface area contributed by atoms with E-state index < -0.39 is 0 Å². The largest absolute Gasteiger partial charge is 0.468 e. The molecule has 1 aromatic carbocycles. The lowest BCUT2D eigenvalue weighted by molar-refractivity contribution is 0.256. The number of likely N-dealkylation sites (N-methyl/N-ethyl adjacent to an activating group) is 1. The van der Waals surface area contributed by atoms with Crippen molar-refractivity contribution in [1.82, 2.24) is 15.1 Å². The Kier molecular flexibility index (Phi) is 9.31. The second-order valence-electron chi connectivity index (χ2n) is 5.91. The molecule has 1 atom stereocenters. The van der Waals surface area contributed by atoms with Crippen LogP contribution in [0.4, 0.5) is 0 Å². The van der Waals surface area contributed by atoms with E-state index in [-0.39, 0.29) is 30.0 Å². The molecule has 0 saturated heterocycles. The summed E-state index contributed by atoms with van der Waals surface area (Å²) in [5, 5.41) is 4.17. The van der Waals surface area contributed by atoms with E-state index in [1.54, 1.807) is 13.3 Å². The van der Waals surface area contributed by atoms with Crippen LogP contribution in [0.15, 0.2) is 52.1 Å². The number of guanidine groups is 1. The summed E-state index contributed by atoms with van der Waals surface area (Å²) in [5.74, 6) is 1.77. The number of benzene rings is 1. The summed E-state index contributed by atoms with van der Waals surface area (Å²) in [6.07, 6.45) is 1.70. The lowest BCUT2D eigenvalue weighted by Crippen LogP contribution is -2.42. The highest BCUT2D eigenvalue weighted by Gasteiger charge is 2.18. The molecule has 1 heterocycles. The Morgan fingerprint density at radius 3 is 2.40 bits per heavy atom. The number of hydrogen-bond donors (Lipinski definition) is 1. The molecule has 138 valence electrons. The number of rotatable bonds is 6. The molecule has 7 heteroatoms. The number of nitrogens with one attached hydrogen (secondary N) is 1. The zero-order valence-electron chi connectivity index (χ0n) is 15.1. The van der Waals surface area contributed by atoms with Gasteiger partial charge in [0.1, 0.15) is 5.76 Å². The molecule has 0 saturated carbocycles. The first-order chi connectivity index (χ1) is 11.5. The summed E-state index contributed by atoms with van der Waals surface area (Å²) in [4.78, 5) is 8.58. The Bertz CT molecular complexity index is 644. The number of aliphatic imine (C=N–C) groups is 1. The number of hydrogen-bond acceptors (Lipinski definition) is 3. The summed E-state index contributed by atoms with van der Waals surface area (Å²) in [6, 6.07) is 11.9. The average molecular weight is 477 g/mol. The third-order valence-electron chi connectivity index (χ3n) is 3.85. The topological polar surface area (TPSA) is 44.0 Å². The van der Waals surface area contributed by atoms with Crippen molar-refractivity contribution >= 4 is 41.5 Å². The van der Waals surface area contributed by atoms with Crippen molar-refractivity contribution in [3.63, 3.8) is 0 Å². The van der Waals surface area contributed by atoms with Crippen LogP contribution in [-0.4, -0.2) is 50.5 Å². The molecule has 2 rings (SSSR count). The highest BCUT2D eigenvalue weighted by atomic mass is 127. The maximum absolute atomic E-state index is 5.94. The summed E-state index contributed by atoms with van der Waals surface area (Å²) >= 11 is 5.94. The van der Waals surface area contributed by atoms with Crippen molar-refractivity contribution in [3.8, 4) is 0 Å². The molecule has 2 aromatic rings. The fraction of sp³-hybridized carbons (Fsp3) is 0.389. The van der Waals surface area contributed by atoms with Crippen molar-refractivity contribution in [2.45, 2.75) is 12.6 Å². The van der Waals surface area contributed by atoms with Gasteiger partial charge in [0.05, 0.1) is 12.3 Å². The van der Waals surface area contributed by atoms with Crippen molar-refractivity contribution in [1.29, 1.82) is 0 Å². The van der Waals surface area contributed by atoms with E-state index in [1.165, 1.54) is 5.56 Å². The van der Waals surface area contributed by atoms with E-state index >= 15 is 0 Å². The maximum atomic E-state index is 5.94. The molecule has 0 amide bonds. The number of halogens is 2. The molecule has 0 bridgehead atoms. The van der Waals surface area contributed by atoms with Crippen LogP contribution in [0, 0.1) is 0 Å². The molecule has 0 aliphatic rings. The molecule has 0 spiro atoms. The van der Waals surface area contributed by atoms with Gasteiger partial charge in [-0.3, -0.25) is 9.89 Å². The molecular weight excluding hydrogens is 451 g/mol.